The second-order valence-electron chi connectivity index (χ2n) is 6.78. The topological polar surface area (TPSA) is 70.5 Å². The molecule has 2 aliphatic heterocycles. The van der Waals surface area contributed by atoms with Gasteiger partial charge in [0.05, 0.1) is 5.69 Å². The molecular weight excluding hydrogens is 366 g/mol. The van der Waals surface area contributed by atoms with Gasteiger partial charge in [-0.3, -0.25) is 14.5 Å². The number of amides is 1. The van der Waals surface area contributed by atoms with E-state index in [0.717, 1.165) is 45.7 Å². The number of rotatable bonds is 3. The van der Waals surface area contributed by atoms with Crippen LogP contribution in [0.4, 0.5) is 0 Å². The fourth-order valence-corrected chi connectivity index (χ4v) is 3.71. The van der Waals surface area contributed by atoms with Gasteiger partial charge in [-0.15, -0.1) is 12.4 Å². The highest BCUT2D eigenvalue weighted by Crippen LogP contribution is 2.18. The molecule has 2 aromatic rings. The molecule has 0 radical (unpaired) electrons. The quantitative estimate of drug-likeness (QED) is 0.839. The number of hydrogen-bond donors (Lipinski definition) is 1. The average molecular weight is 390 g/mol. The molecule has 4 rings (SSSR count). The van der Waals surface area contributed by atoms with Crippen LogP contribution in [0.3, 0.4) is 0 Å². The van der Waals surface area contributed by atoms with Crippen LogP contribution >= 0.6 is 12.4 Å². The van der Waals surface area contributed by atoms with Crippen molar-refractivity contribution in [2.45, 2.75) is 12.5 Å². The maximum Gasteiger partial charge on any atom is 0.274 e. The average Bonchev–Trinajstić information content (AvgIpc) is 3.19. The van der Waals surface area contributed by atoms with Crippen LogP contribution in [0.1, 0.15) is 16.9 Å². The van der Waals surface area contributed by atoms with Crippen molar-refractivity contribution in [1.82, 2.24) is 24.9 Å². The maximum absolute atomic E-state index is 12.9. The Balaban J connectivity index is 0.00000210. The standard InChI is InChI=1S/C19H23N5O2.ClH/c25-18-7-6-17(21-24(18)15-4-2-1-3-5-15)19(26)23-11-8-16(14-23)22-12-9-20-10-13-22;/h1-7,16,20H,8-14H2;1H. The number of nitrogens with one attached hydrogen (secondary N) is 1. The molecule has 2 saturated heterocycles. The number of piperazine rings is 1. The van der Waals surface area contributed by atoms with Crippen molar-refractivity contribution in [2.75, 3.05) is 39.3 Å². The molecule has 8 heteroatoms. The minimum Gasteiger partial charge on any atom is -0.336 e. The summed E-state index contributed by atoms with van der Waals surface area (Å²) in [7, 11) is 0. The number of aromatic nitrogens is 2. The van der Waals surface area contributed by atoms with Gasteiger partial charge in [-0.05, 0) is 24.6 Å². The van der Waals surface area contributed by atoms with Crippen LogP contribution in [0.25, 0.3) is 5.69 Å². The maximum atomic E-state index is 12.9. The fraction of sp³-hybridized carbons (Fsp3) is 0.421. The van der Waals surface area contributed by atoms with Gasteiger partial charge >= 0.3 is 0 Å². The number of nitrogens with zero attached hydrogens (tertiary/aromatic N) is 4. The van der Waals surface area contributed by atoms with Crippen LogP contribution in [0.5, 0.6) is 0 Å². The highest BCUT2D eigenvalue weighted by Gasteiger charge is 2.32. The lowest BCUT2D eigenvalue weighted by Gasteiger charge is -2.32. The van der Waals surface area contributed by atoms with Gasteiger partial charge in [0.1, 0.15) is 5.69 Å². The van der Waals surface area contributed by atoms with E-state index >= 15 is 0 Å². The van der Waals surface area contributed by atoms with E-state index in [4.69, 9.17) is 0 Å². The van der Waals surface area contributed by atoms with Gasteiger partial charge < -0.3 is 10.2 Å². The summed E-state index contributed by atoms with van der Waals surface area (Å²) < 4.78 is 1.29. The molecule has 1 aromatic heterocycles. The van der Waals surface area contributed by atoms with Gasteiger partial charge in [0.15, 0.2) is 0 Å². The summed E-state index contributed by atoms with van der Waals surface area (Å²) in [4.78, 5) is 29.3. The Morgan fingerprint density at radius 3 is 2.52 bits per heavy atom. The summed E-state index contributed by atoms with van der Waals surface area (Å²) in [5.74, 6) is -0.104. The molecule has 1 amide bonds. The number of benzene rings is 1. The third-order valence-corrected chi connectivity index (χ3v) is 5.14. The third kappa shape index (κ3) is 4.21. The lowest BCUT2D eigenvalue weighted by Crippen LogP contribution is -2.49. The molecular formula is C19H24ClN5O2. The molecule has 2 fully saturated rings. The Morgan fingerprint density at radius 2 is 1.78 bits per heavy atom. The molecule has 27 heavy (non-hydrogen) atoms. The van der Waals surface area contributed by atoms with Gasteiger partial charge in [0.25, 0.3) is 11.5 Å². The van der Waals surface area contributed by atoms with Crippen molar-refractivity contribution in [3.05, 3.63) is 58.5 Å². The van der Waals surface area contributed by atoms with Crippen molar-refractivity contribution in [2.24, 2.45) is 0 Å². The van der Waals surface area contributed by atoms with Gasteiger partial charge in [0.2, 0.25) is 0 Å². The molecule has 144 valence electrons. The highest BCUT2D eigenvalue weighted by molar-refractivity contribution is 5.92. The number of hydrogen-bond acceptors (Lipinski definition) is 5. The van der Waals surface area contributed by atoms with Crippen LogP contribution in [0, 0.1) is 0 Å². The molecule has 0 aliphatic carbocycles. The lowest BCUT2D eigenvalue weighted by atomic mass is 10.2. The summed E-state index contributed by atoms with van der Waals surface area (Å²) >= 11 is 0. The minimum atomic E-state index is -0.243. The zero-order valence-corrected chi connectivity index (χ0v) is 15.9. The smallest absolute Gasteiger partial charge is 0.274 e. The van der Waals surface area contributed by atoms with Crippen LogP contribution < -0.4 is 10.9 Å². The lowest BCUT2D eigenvalue weighted by molar-refractivity contribution is 0.0765. The molecule has 1 atom stereocenters. The first-order valence-electron chi connectivity index (χ1n) is 9.12. The normalized spacial score (nSPS) is 20.3. The zero-order valence-electron chi connectivity index (χ0n) is 15.1. The van der Waals surface area contributed by atoms with Crippen molar-refractivity contribution < 1.29 is 4.79 Å². The third-order valence-electron chi connectivity index (χ3n) is 5.14. The molecule has 0 spiro atoms. The van der Waals surface area contributed by atoms with E-state index in [1.807, 2.05) is 23.1 Å². The largest absolute Gasteiger partial charge is 0.336 e. The van der Waals surface area contributed by atoms with E-state index < -0.39 is 0 Å². The highest BCUT2D eigenvalue weighted by atomic mass is 35.5. The molecule has 1 unspecified atom stereocenters. The van der Waals surface area contributed by atoms with E-state index in [2.05, 4.69) is 15.3 Å². The first kappa shape index (κ1) is 19.5. The van der Waals surface area contributed by atoms with Gasteiger partial charge in [-0.25, -0.2) is 0 Å². The molecule has 0 bridgehead atoms. The Kier molecular flexibility index (Phi) is 6.26. The monoisotopic (exact) mass is 389 g/mol. The van der Waals surface area contributed by atoms with Gasteiger partial charge in [-0.1, -0.05) is 18.2 Å². The number of carbonyl (C=O) groups excluding carboxylic acids is 1. The summed E-state index contributed by atoms with van der Waals surface area (Å²) in [5, 5.41) is 7.67. The molecule has 2 aliphatic rings. The van der Waals surface area contributed by atoms with E-state index in [1.165, 1.54) is 16.8 Å². The Labute approximate surface area is 164 Å². The van der Waals surface area contributed by atoms with E-state index in [0.29, 0.717) is 17.4 Å². The predicted octanol–water partition coefficient (Wildman–Crippen LogP) is 0.774. The number of carbonyl (C=O) groups is 1. The van der Waals surface area contributed by atoms with Crippen molar-refractivity contribution in [1.29, 1.82) is 0 Å². The Morgan fingerprint density at radius 1 is 1.04 bits per heavy atom. The molecule has 3 heterocycles. The van der Waals surface area contributed by atoms with Gasteiger partial charge in [-0.2, -0.15) is 9.78 Å². The number of halogens is 1. The molecule has 0 saturated carbocycles. The van der Waals surface area contributed by atoms with E-state index in [9.17, 15) is 9.59 Å². The molecule has 1 N–H and O–H groups in total. The van der Waals surface area contributed by atoms with Crippen molar-refractivity contribution >= 4 is 18.3 Å². The first-order chi connectivity index (χ1) is 12.7. The predicted molar refractivity (Wildman–Crippen MR) is 106 cm³/mol. The van der Waals surface area contributed by atoms with E-state index in [1.54, 1.807) is 12.1 Å². The number of likely N-dealkylation sites (tertiary alicyclic amines) is 1. The summed E-state index contributed by atoms with van der Waals surface area (Å²) in [6.45, 7) is 5.54. The number of para-hydroxylation sites is 1. The second kappa shape index (κ2) is 8.65. The van der Waals surface area contributed by atoms with Crippen molar-refractivity contribution in [3.8, 4) is 5.69 Å². The fourth-order valence-electron chi connectivity index (χ4n) is 3.71. The van der Waals surface area contributed by atoms with Gasteiger partial charge in [0, 0.05) is 51.4 Å². The van der Waals surface area contributed by atoms with Crippen LogP contribution in [-0.2, 0) is 0 Å². The second-order valence-corrected chi connectivity index (χ2v) is 6.78. The van der Waals surface area contributed by atoms with Crippen LogP contribution in [-0.4, -0.2) is 70.8 Å². The van der Waals surface area contributed by atoms with Crippen molar-refractivity contribution in [3.63, 3.8) is 0 Å². The molecule has 1 aromatic carbocycles. The minimum absolute atomic E-state index is 0. The Bertz CT molecular complexity index is 835. The zero-order chi connectivity index (χ0) is 17.9. The first-order valence-corrected chi connectivity index (χ1v) is 9.12. The van der Waals surface area contributed by atoms with Crippen LogP contribution in [0.2, 0.25) is 0 Å². The summed E-state index contributed by atoms with van der Waals surface area (Å²) in [5.41, 5.74) is 0.731. The Hall–Kier alpha value is -2.22. The van der Waals surface area contributed by atoms with E-state index in [-0.39, 0.29) is 23.9 Å². The summed E-state index contributed by atoms with van der Waals surface area (Å²) in [6, 6.07) is 12.5. The SMILES string of the molecule is Cl.O=C(c1ccc(=O)n(-c2ccccc2)n1)N1CCC(N2CCNCC2)C1. The van der Waals surface area contributed by atoms with Crippen LogP contribution in [0.15, 0.2) is 47.3 Å². The summed E-state index contributed by atoms with van der Waals surface area (Å²) in [6.07, 6.45) is 0.990. The molecule has 7 nitrogen and oxygen atoms in total.